The van der Waals surface area contributed by atoms with Gasteiger partial charge in [0.1, 0.15) is 0 Å². The van der Waals surface area contributed by atoms with Crippen LogP contribution in [0.2, 0.25) is 5.02 Å². The zero-order valence-corrected chi connectivity index (χ0v) is 14.0. The first kappa shape index (κ1) is 16.0. The monoisotopic (exact) mass is 333 g/mol. The number of rotatable bonds is 3. The van der Waals surface area contributed by atoms with Crippen LogP contribution in [-0.4, -0.2) is 45.9 Å². The summed E-state index contributed by atoms with van der Waals surface area (Å²) in [7, 11) is 0. The number of morpholine rings is 1. The molecule has 0 bridgehead atoms. The lowest BCUT2D eigenvalue weighted by molar-refractivity contribution is -0.0387. The van der Waals surface area contributed by atoms with Crippen LogP contribution in [-0.2, 0) is 11.3 Å². The first-order valence-corrected chi connectivity index (χ1v) is 8.11. The fourth-order valence-electron chi connectivity index (χ4n) is 2.71. The molecule has 1 fully saturated rings. The van der Waals surface area contributed by atoms with Crippen LogP contribution in [0, 0.1) is 0 Å². The second-order valence-electron chi connectivity index (χ2n) is 5.97. The SMILES string of the molecule is C[C@@H]1CN(C(=O)c2cnn(Cc3ccccc3Cl)c2)[C@H](C)CO1. The Morgan fingerprint density at radius 2 is 2.17 bits per heavy atom. The molecule has 1 aromatic carbocycles. The van der Waals surface area contributed by atoms with E-state index in [1.165, 1.54) is 0 Å². The predicted molar refractivity (Wildman–Crippen MR) is 88.7 cm³/mol. The fourth-order valence-corrected chi connectivity index (χ4v) is 2.91. The maximum atomic E-state index is 12.7. The highest BCUT2D eigenvalue weighted by molar-refractivity contribution is 6.31. The van der Waals surface area contributed by atoms with Gasteiger partial charge < -0.3 is 9.64 Å². The van der Waals surface area contributed by atoms with Gasteiger partial charge in [-0.15, -0.1) is 0 Å². The number of ether oxygens (including phenoxy) is 1. The van der Waals surface area contributed by atoms with Gasteiger partial charge in [0.15, 0.2) is 0 Å². The maximum absolute atomic E-state index is 12.7. The van der Waals surface area contributed by atoms with Gasteiger partial charge in [-0.25, -0.2) is 0 Å². The van der Waals surface area contributed by atoms with Crippen LogP contribution in [0.3, 0.4) is 0 Å². The van der Waals surface area contributed by atoms with E-state index in [2.05, 4.69) is 5.10 Å². The van der Waals surface area contributed by atoms with Crippen molar-refractivity contribution >= 4 is 17.5 Å². The summed E-state index contributed by atoms with van der Waals surface area (Å²) in [6.45, 7) is 5.70. The second kappa shape index (κ2) is 6.72. The highest BCUT2D eigenvalue weighted by Gasteiger charge is 2.28. The molecule has 0 saturated carbocycles. The Morgan fingerprint density at radius 1 is 1.39 bits per heavy atom. The van der Waals surface area contributed by atoms with Crippen LogP contribution in [0.15, 0.2) is 36.7 Å². The molecule has 23 heavy (non-hydrogen) atoms. The topological polar surface area (TPSA) is 47.4 Å². The summed E-state index contributed by atoms with van der Waals surface area (Å²) in [4.78, 5) is 14.5. The Hall–Kier alpha value is -1.85. The third kappa shape index (κ3) is 3.57. The summed E-state index contributed by atoms with van der Waals surface area (Å²) < 4.78 is 7.31. The maximum Gasteiger partial charge on any atom is 0.257 e. The molecule has 1 saturated heterocycles. The van der Waals surface area contributed by atoms with Gasteiger partial charge >= 0.3 is 0 Å². The van der Waals surface area contributed by atoms with Crippen LogP contribution in [0.4, 0.5) is 0 Å². The number of halogens is 1. The van der Waals surface area contributed by atoms with Gasteiger partial charge in [-0.05, 0) is 25.5 Å². The van der Waals surface area contributed by atoms with Gasteiger partial charge in [0, 0.05) is 17.8 Å². The van der Waals surface area contributed by atoms with E-state index < -0.39 is 0 Å². The lowest BCUT2D eigenvalue weighted by Crippen LogP contribution is -2.50. The van der Waals surface area contributed by atoms with E-state index >= 15 is 0 Å². The molecule has 1 aromatic heterocycles. The molecule has 1 aliphatic heterocycles. The van der Waals surface area contributed by atoms with E-state index in [0.717, 1.165) is 5.56 Å². The zero-order valence-electron chi connectivity index (χ0n) is 13.3. The Kier molecular flexibility index (Phi) is 4.68. The molecule has 0 unspecified atom stereocenters. The van der Waals surface area contributed by atoms with Crippen molar-refractivity contribution in [1.29, 1.82) is 0 Å². The van der Waals surface area contributed by atoms with Crippen LogP contribution in [0.1, 0.15) is 29.8 Å². The second-order valence-corrected chi connectivity index (χ2v) is 6.38. The number of aromatic nitrogens is 2. The van der Waals surface area contributed by atoms with E-state index in [4.69, 9.17) is 16.3 Å². The standard InChI is InChI=1S/C17H20ClN3O2/c1-12-11-23-13(2)8-21(12)17(22)15-7-19-20(10-15)9-14-5-3-4-6-16(14)18/h3-7,10,12-13H,8-9,11H2,1-2H3/t12-,13-/m1/s1. The minimum absolute atomic E-state index is 0.00180. The van der Waals surface area contributed by atoms with E-state index in [1.807, 2.05) is 43.0 Å². The minimum Gasteiger partial charge on any atom is -0.375 e. The first-order valence-electron chi connectivity index (χ1n) is 7.73. The van der Waals surface area contributed by atoms with Gasteiger partial charge in [0.25, 0.3) is 5.91 Å². The number of nitrogens with zero attached hydrogens (tertiary/aromatic N) is 3. The molecule has 1 aliphatic rings. The van der Waals surface area contributed by atoms with Crippen molar-refractivity contribution in [3.63, 3.8) is 0 Å². The van der Waals surface area contributed by atoms with Crippen molar-refractivity contribution < 1.29 is 9.53 Å². The average Bonchev–Trinajstić information content (AvgIpc) is 3.00. The fraction of sp³-hybridized carbons (Fsp3) is 0.412. The minimum atomic E-state index is -0.00180. The van der Waals surface area contributed by atoms with Crippen LogP contribution in [0.25, 0.3) is 0 Å². The molecule has 3 rings (SSSR count). The molecular formula is C17H20ClN3O2. The highest BCUT2D eigenvalue weighted by Crippen LogP contribution is 2.18. The lowest BCUT2D eigenvalue weighted by Gasteiger charge is -2.36. The molecule has 0 aliphatic carbocycles. The van der Waals surface area contributed by atoms with Crippen molar-refractivity contribution in [2.24, 2.45) is 0 Å². The van der Waals surface area contributed by atoms with Crippen molar-refractivity contribution in [3.05, 3.63) is 52.8 Å². The Balaban J connectivity index is 1.74. The summed E-state index contributed by atoms with van der Waals surface area (Å²) in [6, 6.07) is 7.71. The third-order valence-corrected chi connectivity index (χ3v) is 4.41. The molecular weight excluding hydrogens is 314 g/mol. The van der Waals surface area contributed by atoms with Crippen molar-refractivity contribution in [3.8, 4) is 0 Å². The van der Waals surface area contributed by atoms with Gasteiger partial charge in [-0.3, -0.25) is 9.48 Å². The van der Waals surface area contributed by atoms with Gasteiger partial charge in [0.05, 0.1) is 37.1 Å². The van der Waals surface area contributed by atoms with Gasteiger partial charge in [-0.2, -0.15) is 5.10 Å². The van der Waals surface area contributed by atoms with E-state index in [1.54, 1.807) is 17.1 Å². The third-order valence-electron chi connectivity index (χ3n) is 4.04. The van der Waals surface area contributed by atoms with Crippen molar-refractivity contribution in [2.75, 3.05) is 13.2 Å². The summed E-state index contributed by atoms with van der Waals surface area (Å²) in [5, 5.41) is 4.99. The first-order chi connectivity index (χ1) is 11.0. The van der Waals surface area contributed by atoms with Gasteiger partial charge in [0.2, 0.25) is 0 Å². The van der Waals surface area contributed by atoms with E-state index in [0.29, 0.717) is 30.3 Å². The molecule has 0 N–H and O–H groups in total. The molecule has 2 aromatic rings. The Morgan fingerprint density at radius 3 is 2.96 bits per heavy atom. The largest absolute Gasteiger partial charge is 0.375 e. The molecule has 0 spiro atoms. The summed E-state index contributed by atoms with van der Waals surface area (Å²) in [5.74, 6) is -0.00180. The highest BCUT2D eigenvalue weighted by atomic mass is 35.5. The van der Waals surface area contributed by atoms with E-state index in [9.17, 15) is 4.79 Å². The molecule has 1 amide bonds. The van der Waals surface area contributed by atoms with E-state index in [-0.39, 0.29) is 18.1 Å². The van der Waals surface area contributed by atoms with Crippen LogP contribution in [0.5, 0.6) is 0 Å². The Bertz CT molecular complexity index is 701. The Labute approximate surface area is 140 Å². The molecule has 0 radical (unpaired) electrons. The average molecular weight is 334 g/mol. The molecule has 6 heteroatoms. The van der Waals surface area contributed by atoms with Crippen molar-refractivity contribution in [1.82, 2.24) is 14.7 Å². The molecule has 2 heterocycles. The number of hydrogen-bond donors (Lipinski definition) is 0. The smallest absolute Gasteiger partial charge is 0.257 e. The summed E-state index contributed by atoms with van der Waals surface area (Å²) in [5.41, 5.74) is 1.57. The lowest BCUT2D eigenvalue weighted by atomic mass is 10.1. The number of hydrogen-bond acceptors (Lipinski definition) is 3. The normalized spacial score (nSPS) is 21.4. The quantitative estimate of drug-likeness (QED) is 0.867. The molecule has 5 nitrogen and oxygen atoms in total. The van der Waals surface area contributed by atoms with Crippen LogP contribution >= 0.6 is 11.6 Å². The summed E-state index contributed by atoms with van der Waals surface area (Å²) in [6.07, 6.45) is 3.46. The summed E-state index contributed by atoms with van der Waals surface area (Å²) >= 11 is 6.17. The van der Waals surface area contributed by atoms with Gasteiger partial charge in [-0.1, -0.05) is 29.8 Å². The zero-order chi connectivity index (χ0) is 16.4. The number of carbonyl (C=O) groups excluding carboxylic acids is 1. The van der Waals surface area contributed by atoms with Crippen LogP contribution < -0.4 is 0 Å². The molecule has 122 valence electrons. The predicted octanol–water partition coefficient (Wildman–Crippen LogP) is 2.83. The van der Waals surface area contributed by atoms with Crippen molar-refractivity contribution in [2.45, 2.75) is 32.5 Å². The number of benzene rings is 1. The number of amides is 1. The number of carbonyl (C=O) groups is 1. The molecule has 2 atom stereocenters.